The number of carbonyl (C=O) groups excluding carboxylic acids is 1. The van der Waals surface area contributed by atoms with Gasteiger partial charge < -0.3 is 10.1 Å². The topological polar surface area (TPSA) is 38.3 Å². The Morgan fingerprint density at radius 1 is 1.09 bits per heavy atom. The van der Waals surface area contributed by atoms with Gasteiger partial charge in [-0.3, -0.25) is 4.79 Å². The van der Waals surface area contributed by atoms with Gasteiger partial charge in [0.15, 0.2) is 0 Å². The van der Waals surface area contributed by atoms with Gasteiger partial charge in [0.1, 0.15) is 5.75 Å². The highest BCUT2D eigenvalue weighted by molar-refractivity contribution is 5.76. The third-order valence-corrected chi connectivity index (χ3v) is 4.02. The van der Waals surface area contributed by atoms with E-state index in [1.807, 2.05) is 24.3 Å². The Labute approximate surface area is 138 Å². The molecule has 0 heterocycles. The lowest BCUT2D eigenvalue weighted by atomic mass is 10.0. The SMILES string of the molecule is CC[C@@H](NC(=O)CCc1ccc(OC)cc1)c1ccc(C)cc1. The summed E-state index contributed by atoms with van der Waals surface area (Å²) < 4.78 is 5.14. The van der Waals surface area contributed by atoms with Gasteiger partial charge in [-0.05, 0) is 43.0 Å². The molecule has 2 rings (SSSR count). The molecule has 1 atom stereocenters. The molecule has 1 N–H and O–H groups in total. The van der Waals surface area contributed by atoms with Crippen LogP contribution in [0.4, 0.5) is 0 Å². The van der Waals surface area contributed by atoms with E-state index in [4.69, 9.17) is 4.74 Å². The highest BCUT2D eigenvalue weighted by Gasteiger charge is 2.12. The summed E-state index contributed by atoms with van der Waals surface area (Å²) >= 11 is 0. The van der Waals surface area contributed by atoms with Crippen molar-refractivity contribution >= 4 is 5.91 Å². The van der Waals surface area contributed by atoms with Crippen LogP contribution in [-0.2, 0) is 11.2 Å². The van der Waals surface area contributed by atoms with Gasteiger partial charge in [-0.2, -0.15) is 0 Å². The normalized spacial score (nSPS) is 11.8. The first kappa shape index (κ1) is 17.1. The van der Waals surface area contributed by atoms with E-state index in [0.717, 1.165) is 29.7 Å². The first-order chi connectivity index (χ1) is 11.1. The predicted octanol–water partition coefficient (Wildman–Crippen LogP) is 4.20. The first-order valence-corrected chi connectivity index (χ1v) is 8.11. The number of hydrogen-bond donors (Lipinski definition) is 1. The summed E-state index contributed by atoms with van der Waals surface area (Å²) in [6, 6.07) is 16.3. The van der Waals surface area contributed by atoms with Crippen LogP contribution in [0.15, 0.2) is 48.5 Å². The predicted molar refractivity (Wildman–Crippen MR) is 93.7 cm³/mol. The van der Waals surface area contributed by atoms with Crippen LogP contribution in [0.1, 0.15) is 42.5 Å². The highest BCUT2D eigenvalue weighted by atomic mass is 16.5. The minimum atomic E-state index is 0.0824. The molecular formula is C20H25NO2. The van der Waals surface area contributed by atoms with Crippen LogP contribution in [0.2, 0.25) is 0 Å². The zero-order valence-electron chi connectivity index (χ0n) is 14.1. The average molecular weight is 311 g/mol. The van der Waals surface area contributed by atoms with Crippen LogP contribution < -0.4 is 10.1 Å². The van der Waals surface area contributed by atoms with Gasteiger partial charge in [-0.1, -0.05) is 48.9 Å². The lowest BCUT2D eigenvalue weighted by Gasteiger charge is -2.17. The minimum absolute atomic E-state index is 0.0824. The van der Waals surface area contributed by atoms with Crippen molar-refractivity contribution in [2.24, 2.45) is 0 Å². The van der Waals surface area contributed by atoms with Crippen LogP contribution in [0.3, 0.4) is 0 Å². The molecule has 3 nitrogen and oxygen atoms in total. The number of rotatable bonds is 7. The Bertz CT molecular complexity index is 617. The first-order valence-electron chi connectivity index (χ1n) is 8.11. The van der Waals surface area contributed by atoms with Gasteiger partial charge in [0.2, 0.25) is 5.91 Å². The van der Waals surface area contributed by atoms with Crippen molar-refractivity contribution in [1.29, 1.82) is 0 Å². The minimum Gasteiger partial charge on any atom is -0.497 e. The zero-order valence-corrected chi connectivity index (χ0v) is 14.1. The van der Waals surface area contributed by atoms with Crippen LogP contribution in [0.5, 0.6) is 5.75 Å². The largest absolute Gasteiger partial charge is 0.497 e. The fraction of sp³-hybridized carbons (Fsp3) is 0.350. The van der Waals surface area contributed by atoms with Gasteiger partial charge in [0.25, 0.3) is 0 Å². The number of benzene rings is 2. The number of hydrogen-bond acceptors (Lipinski definition) is 2. The summed E-state index contributed by atoms with van der Waals surface area (Å²) in [6.07, 6.45) is 2.12. The van der Waals surface area contributed by atoms with E-state index in [2.05, 4.69) is 43.4 Å². The Morgan fingerprint density at radius 3 is 2.30 bits per heavy atom. The molecule has 0 saturated heterocycles. The Morgan fingerprint density at radius 2 is 1.74 bits per heavy atom. The number of methoxy groups -OCH3 is 1. The fourth-order valence-electron chi connectivity index (χ4n) is 2.54. The Kier molecular flexibility index (Phi) is 6.21. The number of amides is 1. The maximum Gasteiger partial charge on any atom is 0.220 e. The molecule has 0 aliphatic heterocycles. The number of nitrogens with one attached hydrogen (secondary N) is 1. The molecule has 2 aromatic rings. The molecule has 1 amide bonds. The van der Waals surface area contributed by atoms with Gasteiger partial charge in [0.05, 0.1) is 13.2 Å². The molecule has 0 fully saturated rings. The summed E-state index contributed by atoms with van der Waals surface area (Å²) in [6.45, 7) is 4.16. The molecule has 0 aromatic heterocycles. The van der Waals surface area contributed by atoms with Crippen molar-refractivity contribution in [2.45, 2.75) is 39.2 Å². The van der Waals surface area contributed by atoms with E-state index in [0.29, 0.717) is 6.42 Å². The van der Waals surface area contributed by atoms with Crippen LogP contribution in [0, 0.1) is 6.92 Å². The monoisotopic (exact) mass is 311 g/mol. The van der Waals surface area contributed by atoms with E-state index >= 15 is 0 Å². The summed E-state index contributed by atoms with van der Waals surface area (Å²) in [5.74, 6) is 0.928. The smallest absolute Gasteiger partial charge is 0.220 e. The molecule has 0 spiro atoms. The van der Waals surface area contributed by atoms with Crippen molar-refractivity contribution in [3.05, 3.63) is 65.2 Å². The lowest BCUT2D eigenvalue weighted by Crippen LogP contribution is -2.28. The van der Waals surface area contributed by atoms with Crippen molar-refractivity contribution in [3.63, 3.8) is 0 Å². The van der Waals surface area contributed by atoms with Crippen LogP contribution in [-0.4, -0.2) is 13.0 Å². The molecule has 0 aliphatic rings. The Balaban J connectivity index is 1.88. The van der Waals surface area contributed by atoms with Crippen molar-refractivity contribution in [2.75, 3.05) is 7.11 Å². The van der Waals surface area contributed by atoms with E-state index < -0.39 is 0 Å². The summed E-state index contributed by atoms with van der Waals surface area (Å²) in [5.41, 5.74) is 3.54. The second-order valence-corrected chi connectivity index (χ2v) is 5.79. The number of carbonyl (C=O) groups is 1. The van der Waals surface area contributed by atoms with Gasteiger partial charge in [-0.15, -0.1) is 0 Å². The third-order valence-electron chi connectivity index (χ3n) is 4.02. The van der Waals surface area contributed by atoms with Crippen LogP contribution in [0.25, 0.3) is 0 Å². The molecule has 122 valence electrons. The quantitative estimate of drug-likeness (QED) is 0.832. The maximum atomic E-state index is 12.2. The third kappa shape index (κ3) is 5.13. The average Bonchev–Trinajstić information content (AvgIpc) is 2.59. The standard InChI is InChI=1S/C20H25NO2/c1-4-19(17-10-5-15(2)6-11-17)21-20(22)14-9-16-7-12-18(23-3)13-8-16/h5-8,10-13,19H,4,9,14H2,1-3H3,(H,21,22)/t19-/m1/s1. The molecule has 0 radical (unpaired) electrons. The second-order valence-electron chi connectivity index (χ2n) is 5.79. The van der Waals surface area contributed by atoms with E-state index in [1.165, 1.54) is 5.56 Å². The molecule has 3 heteroatoms. The van der Waals surface area contributed by atoms with E-state index in [1.54, 1.807) is 7.11 Å². The van der Waals surface area contributed by atoms with Crippen molar-refractivity contribution in [1.82, 2.24) is 5.32 Å². The fourth-order valence-corrected chi connectivity index (χ4v) is 2.54. The molecular weight excluding hydrogens is 286 g/mol. The number of ether oxygens (including phenoxy) is 1. The summed E-state index contributed by atoms with van der Waals surface area (Å²) in [7, 11) is 1.65. The number of aryl methyl sites for hydroxylation is 2. The molecule has 0 saturated carbocycles. The Hall–Kier alpha value is -2.29. The molecule has 0 aliphatic carbocycles. The lowest BCUT2D eigenvalue weighted by molar-refractivity contribution is -0.121. The molecule has 0 bridgehead atoms. The van der Waals surface area contributed by atoms with Crippen molar-refractivity contribution in [3.8, 4) is 5.75 Å². The second kappa shape index (κ2) is 8.37. The van der Waals surface area contributed by atoms with E-state index in [9.17, 15) is 4.79 Å². The van der Waals surface area contributed by atoms with Gasteiger partial charge >= 0.3 is 0 Å². The molecule has 23 heavy (non-hydrogen) atoms. The molecule has 2 aromatic carbocycles. The van der Waals surface area contributed by atoms with Crippen LogP contribution >= 0.6 is 0 Å². The maximum absolute atomic E-state index is 12.2. The summed E-state index contributed by atoms with van der Waals surface area (Å²) in [4.78, 5) is 12.2. The highest BCUT2D eigenvalue weighted by Crippen LogP contribution is 2.18. The zero-order chi connectivity index (χ0) is 16.7. The summed E-state index contributed by atoms with van der Waals surface area (Å²) in [5, 5.41) is 3.13. The van der Waals surface area contributed by atoms with Gasteiger partial charge in [-0.25, -0.2) is 0 Å². The van der Waals surface area contributed by atoms with E-state index in [-0.39, 0.29) is 11.9 Å². The molecule has 0 unspecified atom stereocenters. The van der Waals surface area contributed by atoms with Gasteiger partial charge in [0, 0.05) is 6.42 Å². The van der Waals surface area contributed by atoms with Crippen molar-refractivity contribution < 1.29 is 9.53 Å².